The highest BCUT2D eigenvalue weighted by Gasteiger charge is 1.98. The van der Waals surface area contributed by atoms with E-state index in [1.807, 2.05) is 13.0 Å². The topological polar surface area (TPSA) is 51.3 Å². The van der Waals surface area contributed by atoms with E-state index in [4.69, 9.17) is 4.52 Å². The molecular formula is C8H9N3O. The maximum Gasteiger partial charge on any atom is 0.253 e. The Kier molecular flexibility index (Phi) is 2.95. The molecule has 4 nitrogen and oxygen atoms in total. The lowest BCUT2D eigenvalue weighted by Gasteiger charge is -1.87. The largest absolute Gasteiger partial charge is 0.335 e. The van der Waals surface area contributed by atoms with Gasteiger partial charge in [-0.15, -0.1) is 0 Å². The van der Waals surface area contributed by atoms with Crippen molar-refractivity contribution in [3.05, 3.63) is 30.6 Å². The van der Waals surface area contributed by atoms with Gasteiger partial charge in [-0.2, -0.15) is 4.98 Å². The van der Waals surface area contributed by atoms with Gasteiger partial charge in [-0.25, -0.2) is 0 Å². The predicted molar refractivity (Wildman–Crippen MR) is 46.6 cm³/mol. The summed E-state index contributed by atoms with van der Waals surface area (Å²) in [5, 5.41) is 3.48. The second kappa shape index (κ2) is 4.23. The zero-order valence-electron chi connectivity index (χ0n) is 6.77. The number of aliphatic imine (C=N–C) groups is 1. The van der Waals surface area contributed by atoms with Gasteiger partial charge < -0.3 is 4.52 Å². The highest BCUT2D eigenvalue weighted by Crippen LogP contribution is 2.08. The Hall–Kier alpha value is -1.71. The molecule has 0 saturated carbocycles. The SMILES string of the molecule is C=N/C=C\C=C(/C)c1ncno1. The van der Waals surface area contributed by atoms with E-state index in [0.29, 0.717) is 5.89 Å². The number of hydrogen-bond donors (Lipinski definition) is 0. The van der Waals surface area contributed by atoms with E-state index in [0.717, 1.165) is 5.57 Å². The summed E-state index contributed by atoms with van der Waals surface area (Å²) in [5.41, 5.74) is 0.896. The van der Waals surface area contributed by atoms with E-state index < -0.39 is 0 Å². The van der Waals surface area contributed by atoms with Crippen LogP contribution in [0.15, 0.2) is 34.2 Å². The van der Waals surface area contributed by atoms with Crippen LogP contribution in [-0.2, 0) is 0 Å². The third-order valence-corrected chi connectivity index (χ3v) is 1.24. The average molecular weight is 163 g/mol. The molecule has 1 rings (SSSR count). The Balaban J connectivity index is 2.71. The lowest BCUT2D eigenvalue weighted by molar-refractivity contribution is 0.406. The van der Waals surface area contributed by atoms with Crippen LogP contribution in [0.5, 0.6) is 0 Å². The zero-order valence-corrected chi connectivity index (χ0v) is 6.77. The third kappa shape index (κ3) is 2.16. The Labute approximate surface area is 70.3 Å². The van der Waals surface area contributed by atoms with E-state index in [9.17, 15) is 0 Å². The molecule has 0 aliphatic heterocycles. The number of aromatic nitrogens is 2. The summed E-state index contributed by atoms with van der Waals surface area (Å²) < 4.78 is 4.82. The van der Waals surface area contributed by atoms with Crippen molar-refractivity contribution in [2.24, 2.45) is 4.99 Å². The number of rotatable bonds is 3. The second-order valence-electron chi connectivity index (χ2n) is 2.12. The quantitative estimate of drug-likeness (QED) is 0.503. The minimum absolute atomic E-state index is 0.517. The molecule has 0 amide bonds. The lowest BCUT2D eigenvalue weighted by Crippen LogP contribution is -1.75. The van der Waals surface area contributed by atoms with E-state index in [-0.39, 0.29) is 0 Å². The minimum Gasteiger partial charge on any atom is -0.335 e. The van der Waals surface area contributed by atoms with Gasteiger partial charge in [0.2, 0.25) is 0 Å². The molecule has 0 radical (unpaired) electrons. The van der Waals surface area contributed by atoms with Crippen LogP contribution in [0, 0.1) is 0 Å². The Morgan fingerprint density at radius 2 is 2.58 bits per heavy atom. The smallest absolute Gasteiger partial charge is 0.253 e. The zero-order chi connectivity index (χ0) is 8.81. The fourth-order valence-electron chi connectivity index (χ4n) is 0.666. The van der Waals surface area contributed by atoms with Crippen LogP contribution >= 0.6 is 0 Å². The first-order valence-corrected chi connectivity index (χ1v) is 3.41. The van der Waals surface area contributed by atoms with Crippen LogP contribution in [0.2, 0.25) is 0 Å². The molecule has 1 aromatic heterocycles. The van der Waals surface area contributed by atoms with Gasteiger partial charge in [0.05, 0.1) is 0 Å². The monoisotopic (exact) mass is 163 g/mol. The fourth-order valence-corrected chi connectivity index (χ4v) is 0.666. The van der Waals surface area contributed by atoms with E-state index in [2.05, 4.69) is 21.9 Å². The highest BCUT2D eigenvalue weighted by molar-refractivity contribution is 5.57. The van der Waals surface area contributed by atoms with Crippen molar-refractivity contribution in [1.82, 2.24) is 10.1 Å². The molecule has 0 aromatic carbocycles. The van der Waals surface area contributed by atoms with Crippen LogP contribution < -0.4 is 0 Å². The third-order valence-electron chi connectivity index (χ3n) is 1.24. The molecule has 0 fully saturated rings. The van der Waals surface area contributed by atoms with Crippen molar-refractivity contribution in [1.29, 1.82) is 0 Å². The molecule has 0 aliphatic rings. The summed E-state index contributed by atoms with van der Waals surface area (Å²) in [6.45, 7) is 5.18. The normalized spacial score (nSPS) is 12.2. The number of allylic oxidation sites excluding steroid dienone is 3. The van der Waals surface area contributed by atoms with E-state index >= 15 is 0 Å². The average Bonchev–Trinajstić information content (AvgIpc) is 2.56. The summed E-state index contributed by atoms with van der Waals surface area (Å²) in [5.74, 6) is 0.517. The molecule has 0 aliphatic carbocycles. The lowest BCUT2D eigenvalue weighted by atomic mass is 10.3. The first-order valence-electron chi connectivity index (χ1n) is 3.41. The first kappa shape index (κ1) is 8.39. The Bertz CT molecular complexity index is 298. The number of hydrogen-bond acceptors (Lipinski definition) is 4. The molecule has 12 heavy (non-hydrogen) atoms. The summed E-state index contributed by atoms with van der Waals surface area (Å²) in [4.78, 5) is 7.42. The van der Waals surface area contributed by atoms with Crippen LogP contribution in [0.4, 0.5) is 0 Å². The van der Waals surface area contributed by atoms with Gasteiger partial charge in [-0.3, -0.25) is 4.99 Å². The number of nitrogens with zero attached hydrogens (tertiary/aromatic N) is 3. The molecule has 1 heterocycles. The van der Waals surface area contributed by atoms with Crippen molar-refractivity contribution in [3.8, 4) is 0 Å². The maximum absolute atomic E-state index is 4.82. The van der Waals surface area contributed by atoms with Crippen LogP contribution in [0.1, 0.15) is 12.8 Å². The second-order valence-corrected chi connectivity index (χ2v) is 2.12. The van der Waals surface area contributed by atoms with E-state index in [1.54, 1.807) is 12.3 Å². The summed E-state index contributed by atoms with van der Waals surface area (Å²) >= 11 is 0. The van der Waals surface area contributed by atoms with Crippen molar-refractivity contribution < 1.29 is 4.52 Å². The van der Waals surface area contributed by atoms with E-state index in [1.165, 1.54) is 6.33 Å². The predicted octanol–water partition coefficient (Wildman–Crippen LogP) is 1.69. The first-order chi connectivity index (χ1) is 5.84. The van der Waals surface area contributed by atoms with Crippen molar-refractivity contribution in [2.45, 2.75) is 6.92 Å². The van der Waals surface area contributed by atoms with Crippen molar-refractivity contribution in [2.75, 3.05) is 0 Å². The molecule has 0 atom stereocenters. The van der Waals surface area contributed by atoms with Gasteiger partial charge in [-0.05, 0) is 19.7 Å². The summed E-state index contributed by atoms with van der Waals surface area (Å²) in [6, 6.07) is 0. The molecule has 0 unspecified atom stereocenters. The molecule has 0 saturated heterocycles. The van der Waals surface area contributed by atoms with Crippen molar-refractivity contribution >= 4 is 12.3 Å². The van der Waals surface area contributed by atoms with Gasteiger partial charge in [-0.1, -0.05) is 11.2 Å². The molecule has 0 spiro atoms. The molecule has 1 aromatic rings. The van der Waals surface area contributed by atoms with Crippen molar-refractivity contribution in [3.63, 3.8) is 0 Å². The maximum atomic E-state index is 4.82. The van der Waals surface area contributed by atoms with Gasteiger partial charge >= 0.3 is 0 Å². The Morgan fingerprint density at radius 3 is 3.17 bits per heavy atom. The summed E-state index contributed by atoms with van der Waals surface area (Å²) in [6.07, 6.45) is 6.52. The molecule has 4 heteroatoms. The Morgan fingerprint density at radius 1 is 1.75 bits per heavy atom. The van der Waals surface area contributed by atoms with Crippen LogP contribution in [-0.4, -0.2) is 16.9 Å². The molecule has 0 N–H and O–H groups in total. The van der Waals surface area contributed by atoms with Gasteiger partial charge in [0.15, 0.2) is 6.33 Å². The molecular weight excluding hydrogens is 154 g/mol. The van der Waals surface area contributed by atoms with Gasteiger partial charge in [0.1, 0.15) is 0 Å². The van der Waals surface area contributed by atoms with Gasteiger partial charge in [0, 0.05) is 11.8 Å². The van der Waals surface area contributed by atoms with Crippen LogP contribution in [0.25, 0.3) is 5.57 Å². The minimum atomic E-state index is 0.517. The summed E-state index contributed by atoms with van der Waals surface area (Å²) in [7, 11) is 0. The van der Waals surface area contributed by atoms with Crippen LogP contribution in [0.3, 0.4) is 0 Å². The molecule has 0 bridgehead atoms. The highest BCUT2D eigenvalue weighted by atomic mass is 16.5. The standard InChI is InChI=1S/C8H9N3O/c1-7(4-3-5-9-2)8-10-6-11-12-8/h3-6H,2H2,1H3/b5-3-,7-4+. The fraction of sp³-hybridized carbons (Fsp3) is 0.125. The van der Waals surface area contributed by atoms with Gasteiger partial charge in [0.25, 0.3) is 5.89 Å². The molecule has 62 valence electrons.